The van der Waals surface area contributed by atoms with Crippen molar-refractivity contribution in [3.8, 4) is 11.5 Å². The van der Waals surface area contributed by atoms with Crippen molar-refractivity contribution in [2.75, 3.05) is 0 Å². The first-order chi connectivity index (χ1) is 7.09. The van der Waals surface area contributed by atoms with Gasteiger partial charge in [0.05, 0.1) is 0 Å². The highest BCUT2D eigenvalue weighted by Crippen LogP contribution is 2.24. The highest BCUT2D eigenvalue weighted by Gasteiger charge is 1.98. The van der Waals surface area contributed by atoms with Gasteiger partial charge in [-0.15, -0.1) is 5.10 Å². The molecule has 1 aromatic rings. The molecule has 0 atom stereocenters. The van der Waals surface area contributed by atoms with E-state index in [1.807, 2.05) is 0 Å². The highest BCUT2D eigenvalue weighted by atomic mass is 16.3. The number of aromatic hydroxyl groups is 2. The molecule has 80 valence electrons. The molecule has 0 aliphatic carbocycles. The minimum absolute atomic E-state index is 0.111. The van der Waals surface area contributed by atoms with Gasteiger partial charge in [0.15, 0.2) is 11.5 Å². The number of benzene rings is 1. The standard InChI is InChI=1S/C9H12N4O2/c10-9(11)13-12-4-3-6-1-2-7(14)8(15)5-6/h1-2,4-5,14-15H,3H2,(H4,10,11,13). The molecule has 6 heteroatoms. The maximum absolute atomic E-state index is 9.18. The molecule has 0 aromatic heterocycles. The van der Waals surface area contributed by atoms with Crippen molar-refractivity contribution in [1.82, 2.24) is 0 Å². The zero-order valence-corrected chi connectivity index (χ0v) is 7.96. The quantitative estimate of drug-likeness (QED) is 0.240. The van der Waals surface area contributed by atoms with Crippen LogP contribution < -0.4 is 11.5 Å². The molecular formula is C9H12N4O2. The summed E-state index contributed by atoms with van der Waals surface area (Å²) in [4.78, 5) is 0. The molecule has 0 fully saturated rings. The van der Waals surface area contributed by atoms with Crippen LogP contribution in [0.1, 0.15) is 5.56 Å². The van der Waals surface area contributed by atoms with Crippen LogP contribution in [0.3, 0.4) is 0 Å². The third-order valence-electron chi connectivity index (χ3n) is 1.62. The fraction of sp³-hybridized carbons (Fsp3) is 0.111. The lowest BCUT2D eigenvalue weighted by Gasteiger charge is -1.99. The second kappa shape index (κ2) is 4.85. The summed E-state index contributed by atoms with van der Waals surface area (Å²) in [5, 5.41) is 25.2. The van der Waals surface area contributed by atoms with Gasteiger partial charge in [0.1, 0.15) is 0 Å². The number of nitrogens with zero attached hydrogens (tertiary/aromatic N) is 2. The lowest BCUT2D eigenvalue weighted by Crippen LogP contribution is -2.21. The lowest BCUT2D eigenvalue weighted by atomic mass is 10.1. The van der Waals surface area contributed by atoms with E-state index < -0.39 is 0 Å². The van der Waals surface area contributed by atoms with Crippen LogP contribution in [0.4, 0.5) is 0 Å². The fourth-order valence-electron chi connectivity index (χ4n) is 0.950. The zero-order chi connectivity index (χ0) is 11.3. The van der Waals surface area contributed by atoms with Crippen molar-refractivity contribution in [2.45, 2.75) is 6.42 Å². The van der Waals surface area contributed by atoms with E-state index in [2.05, 4.69) is 10.2 Å². The molecule has 0 unspecified atom stereocenters. The Kier molecular flexibility index (Phi) is 3.50. The van der Waals surface area contributed by atoms with Gasteiger partial charge in [-0.05, 0) is 17.7 Å². The summed E-state index contributed by atoms with van der Waals surface area (Å²) in [5.41, 5.74) is 10.9. The first kappa shape index (κ1) is 10.8. The molecule has 0 aliphatic rings. The summed E-state index contributed by atoms with van der Waals surface area (Å²) in [7, 11) is 0. The van der Waals surface area contributed by atoms with Crippen LogP contribution in [-0.4, -0.2) is 22.4 Å². The molecule has 6 nitrogen and oxygen atoms in total. The Morgan fingerprint density at radius 2 is 2.00 bits per heavy atom. The average Bonchev–Trinajstić information content (AvgIpc) is 2.18. The van der Waals surface area contributed by atoms with E-state index >= 15 is 0 Å². The fourth-order valence-corrected chi connectivity index (χ4v) is 0.950. The third kappa shape index (κ3) is 3.55. The van der Waals surface area contributed by atoms with Gasteiger partial charge in [0.25, 0.3) is 0 Å². The number of phenolic OH excluding ortho intramolecular Hbond substituents is 2. The Balaban J connectivity index is 2.62. The van der Waals surface area contributed by atoms with Gasteiger partial charge in [-0.1, -0.05) is 6.07 Å². The van der Waals surface area contributed by atoms with Crippen molar-refractivity contribution in [1.29, 1.82) is 0 Å². The van der Waals surface area contributed by atoms with Crippen molar-refractivity contribution >= 4 is 12.2 Å². The number of phenols is 2. The summed E-state index contributed by atoms with van der Waals surface area (Å²) >= 11 is 0. The van der Waals surface area contributed by atoms with Crippen LogP contribution in [0.2, 0.25) is 0 Å². The molecule has 0 aliphatic heterocycles. The Morgan fingerprint density at radius 3 is 2.60 bits per heavy atom. The molecule has 1 aromatic carbocycles. The van der Waals surface area contributed by atoms with Gasteiger partial charge in [0.2, 0.25) is 5.96 Å². The lowest BCUT2D eigenvalue weighted by molar-refractivity contribution is 0.403. The Morgan fingerprint density at radius 1 is 1.27 bits per heavy atom. The van der Waals surface area contributed by atoms with E-state index in [4.69, 9.17) is 16.6 Å². The Hall–Kier alpha value is -2.24. The van der Waals surface area contributed by atoms with Crippen molar-refractivity contribution in [3.05, 3.63) is 23.8 Å². The van der Waals surface area contributed by atoms with Crippen molar-refractivity contribution in [3.63, 3.8) is 0 Å². The Labute approximate surface area is 86.6 Å². The third-order valence-corrected chi connectivity index (χ3v) is 1.62. The monoisotopic (exact) mass is 208 g/mol. The summed E-state index contributed by atoms with van der Waals surface area (Å²) in [5.74, 6) is -0.428. The van der Waals surface area contributed by atoms with E-state index in [-0.39, 0.29) is 17.5 Å². The van der Waals surface area contributed by atoms with E-state index in [1.54, 1.807) is 6.07 Å². The SMILES string of the molecule is NC(N)=NN=CCc1ccc(O)c(O)c1. The van der Waals surface area contributed by atoms with Crippen molar-refractivity contribution in [2.24, 2.45) is 21.7 Å². The molecule has 15 heavy (non-hydrogen) atoms. The summed E-state index contributed by atoms with van der Waals surface area (Å²) in [6, 6.07) is 4.51. The van der Waals surface area contributed by atoms with Crippen LogP contribution in [0, 0.1) is 0 Å². The van der Waals surface area contributed by atoms with E-state index in [0.29, 0.717) is 6.42 Å². The molecule has 0 heterocycles. The van der Waals surface area contributed by atoms with Gasteiger partial charge in [-0.25, -0.2) is 0 Å². The minimum Gasteiger partial charge on any atom is -0.504 e. The minimum atomic E-state index is -0.164. The molecule has 6 N–H and O–H groups in total. The summed E-state index contributed by atoms with van der Waals surface area (Å²) < 4.78 is 0. The smallest absolute Gasteiger partial charge is 0.211 e. The number of rotatable bonds is 3. The predicted molar refractivity (Wildman–Crippen MR) is 57.8 cm³/mol. The van der Waals surface area contributed by atoms with E-state index in [9.17, 15) is 5.11 Å². The first-order valence-electron chi connectivity index (χ1n) is 4.21. The zero-order valence-electron chi connectivity index (χ0n) is 7.96. The van der Waals surface area contributed by atoms with Gasteiger partial charge in [-0.3, -0.25) is 0 Å². The molecule has 0 amide bonds. The Bertz CT molecular complexity index is 397. The molecule has 0 bridgehead atoms. The molecular weight excluding hydrogens is 196 g/mol. The second-order valence-corrected chi connectivity index (χ2v) is 2.85. The van der Waals surface area contributed by atoms with Crippen LogP contribution in [-0.2, 0) is 6.42 Å². The molecule has 0 saturated carbocycles. The van der Waals surface area contributed by atoms with E-state index in [1.165, 1.54) is 18.3 Å². The maximum Gasteiger partial charge on any atom is 0.211 e. The normalized spacial score (nSPS) is 10.4. The number of nitrogens with two attached hydrogens (primary N) is 2. The van der Waals surface area contributed by atoms with Crippen molar-refractivity contribution < 1.29 is 10.2 Å². The molecule has 0 spiro atoms. The highest BCUT2D eigenvalue weighted by molar-refractivity contribution is 5.76. The largest absolute Gasteiger partial charge is 0.504 e. The van der Waals surface area contributed by atoms with Gasteiger partial charge >= 0.3 is 0 Å². The number of hydrogen-bond donors (Lipinski definition) is 4. The van der Waals surface area contributed by atoms with Crippen LogP contribution in [0.5, 0.6) is 11.5 Å². The number of guanidine groups is 1. The summed E-state index contributed by atoms with van der Waals surface area (Å²) in [6.45, 7) is 0. The topological polar surface area (TPSA) is 117 Å². The van der Waals surface area contributed by atoms with E-state index in [0.717, 1.165) is 5.56 Å². The second-order valence-electron chi connectivity index (χ2n) is 2.85. The first-order valence-corrected chi connectivity index (χ1v) is 4.21. The average molecular weight is 208 g/mol. The van der Waals surface area contributed by atoms with Gasteiger partial charge in [-0.2, -0.15) is 5.10 Å². The number of hydrogen-bond acceptors (Lipinski definition) is 4. The van der Waals surface area contributed by atoms with Gasteiger partial charge in [0, 0.05) is 12.6 Å². The molecule has 0 saturated heterocycles. The molecule has 0 radical (unpaired) electrons. The van der Waals surface area contributed by atoms with Crippen LogP contribution in [0.25, 0.3) is 0 Å². The van der Waals surface area contributed by atoms with Gasteiger partial charge < -0.3 is 21.7 Å². The predicted octanol–water partition coefficient (Wildman–Crippen LogP) is -0.101. The van der Waals surface area contributed by atoms with Crippen LogP contribution >= 0.6 is 0 Å². The molecule has 1 rings (SSSR count). The summed E-state index contributed by atoms with van der Waals surface area (Å²) in [6.07, 6.45) is 1.95. The van der Waals surface area contributed by atoms with Crippen LogP contribution in [0.15, 0.2) is 28.4 Å². The maximum atomic E-state index is 9.18.